The summed E-state index contributed by atoms with van der Waals surface area (Å²) in [4.78, 5) is 2.41. The maximum Gasteiger partial charge on any atom is 0.139 e. The summed E-state index contributed by atoms with van der Waals surface area (Å²) in [6.07, 6.45) is 0. The summed E-state index contributed by atoms with van der Waals surface area (Å²) in [6.45, 7) is 6.79. The molecule has 0 atom stereocenters. The summed E-state index contributed by atoms with van der Waals surface area (Å²) in [5, 5.41) is 1.16. The zero-order chi connectivity index (χ0) is 34.1. The summed E-state index contributed by atoms with van der Waals surface area (Å²) < 4.78 is 6.67. The van der Waals surface area contributed by atoms with Gasteiger partial charge in [0.15, 0.2) is 0 Å². The lowest BCUT2D eigenvalue weighted by molar-refractivity contribution is 0.568. The molecule has 0 saturated heterocycles. The molecule has 1 aromatic heterocycles. The van der Waals surface area contributed by atoms with Crippen LogP contribution in [0.1, 0.15) is 26.3 Å². The van der Waals surface area contributed by atoms with Gasteiger partial charge in [0.2, 0.25) is 0 Å². The molecular weight excluding hydrogens is 607 g/mol. The fraction of sp³-hybridized carbons (Fsp3) is 0.0833. The Labute approximate surface area is 294 Å². The summed E-state index contributed by atoms with van der Waals surface area (Å²) in [5.41, 5.74) is 13.4. The van der Waals surface area contributed by atoms with E-state index in [1.165, 1.54) is 22.3 Å². The first-order valence-electron chi connectivity index (χ1n) is 17.3. The van der Waals surface area contributed by atoms with Crippen molar-refractivity contribution >= 4 is 28.0 Å². The molecule has 0 N–H and O–H groups in total. The molecule has 242 valence electrons. The van der Waals surface area contributed by atoms with Crippen LogP contribution >= 0.6 is 0 Å². The van der Waals surface area contributed by atoms with Crippen molar-refractivity contribution in [3.63, 3.8) is 0 Å². The fourth-order valence-corrected chi connectivity index (χ4v) is 7.10. The minimum Gasteiger partial charge on any atom is -0.456 e. The predicted octanol–water partition coefficient (Wildman–Crippen LogP) is 13.9. The normalized spacial score (nSPS) is 11.5. The smallest absolute Gasteiger partial charge is 0.139 e. The van der Waals surface area contributed by atoms with Crippen LogP contribution in [0.5, 0.6) is 0 Å². The first kappa shape index (κ1) is 31.2. The van der Waals surface area contributed by atoms with Gasteiger partial charge in [-0.2, -0.15) is 0 Å². The third kappa shape index (κ3) is 5.90. The average Bonchev–Trinajstić information content (AvgIpc) is 3.57. The second-order valence-corrected chi connectivity index (χ2v) is 13.8. The van der Waals surface area contributed by atoms with Crippen molar-refractivity contribution in [2.45, 2.75) is 26.2 Å². The molecule has 1 heterocycles. The van der Waals surface area contributed by atoms with Crippen LogP contribution in [0.2, 0.25) is 0 Å². The van der Waals surface area contributed by atoms with Crippen LogP contribution in [0.25, 0.3) is 55.7 Å². The van der Waals surface area contributed by atoms with E-state index >= 15 is 0 Å². The Hall–Kier alpha value is -6.12. The summed E-state index contributed by atoms with van der Waals surface area (Å²) in [7, 11) is 0. The highest BCUT2D eigenvalue weighted by atomic mass is 16.3. The van der Waals surface area contributed by atoms with E-state index in [2.05, 4.69) is 202 Å². The van der Waals surface area contributed by atoms with Crippen LogP contribution in [0.4, 0.5) is 17.1 Å². The van der Waals surface area contributed by atoms with Crippen molar-refractivity contribution < 1.29 is 4.42 Å². The minimum atomic E-state index is -0.115. The molecule has 0 saturated carbocycles. The lowest BCUT2D eigenvalue weighted by Gasteiger charge is -2.30. The maximum absolute atomic E-state index is 6.67. The zero-order valence-corrected chi connectivity index (χ0v) is 28.7. The second-order valence-electron chi connectivity index (χ2n) is 13.8. The third-order valence-electron chi connectivity index (χ3n) is 9.39. The number of fused-ring (bicyclic) bond motifs is 1. The van der Waals surface area contributed by atoms with E-state index in [9.17, 15) is 0 Å². The fourth-order valence-electron chi connectivity index (χ4n) is 7.10. The Kier molecular flexibility index (Phi) is 8.14. The van der Waals surface area contributed by atoms with Crippen molar-refractivity contribution in [1.82, 2.24) is 0 Å². The van der Waals surface area contributed by atoms with Crippen LogP contribution in [-0.4, -0.2) is 0 Å². The van der Waals surface area contributed by atoms with Crippen molar-refractivity contribution in [3.8, 4) is 44.7 Å². The highest BCUT2D eigenvalue weighted by molar-refractivity contribution is 5.95. The molecular formula is C48H39NO. The molecule has 0 spiro atoms. The standard InChI is InChI=1S/C48H39NO/c1-48(2,3)46-42-25-12-15-28-45(42)50-47(46)38-21-16-22-39(33-38)49(43-26-13-10-23-40(43)36-19-8-5-9-20-36)44-27-14-11-24-41(44)37-31-29-35(30-32-37)34-17-6-4-7-18-34/h4-33H,1-3H3. The van der Waals surface area contributed by atoms with Gasteiger partial charge in [-0.15, -0.1) is 0 Å². The van der Waals surface area contributed by atoms with Crippen molar-refractivity contribution in [2.24, 2.45) is 0 Å². The van der Waals surface area contributed by atoms with Crippen LogP contribution in [0.15, 0.2) is 186 Å². The SMILES string of the molecule is CC(C)(C)c1c(-c2cccc(N(c3ccccc3-c3ccccc3)c3ccccc3-c3ccc(-c4ccccc4)cc3)c2)oc2ccccc12. The molecule has 0 amide bonds. The van der Waals surface area contributed by atoms with Gasteiger partial charge in [-0.3, -0.25) is 0 Å². The van der Waals surface area contributed by atoms with Gasteiger partial charge < -0.3 is 9.32 Å². The van der Waals surface area contributed by atoms with E-state index < -0.39 is 0 Å². The topological polar surface area (TPSA) is 16.4 Å². The average molecular weight is 646 g/mol. The molecule has 2 nitrogen and oxygen atoms in total. The number of anilines is 3. The lowest BCUT2D eigenvalue weighted by atomic mass is 9.83. The lowest BCUT2D eigenvalue weighted by Crippen LogP contribution is -2.13. The third-order valence-corrected chi connectivity index (χ3v) is 9.39. The van der Waals surface area contributed by atoms with Crippen molar-refractivity contribution in [2.75, 3.05) is 4.90 Å². The molecule has 8 aromatic rings. The van der Waals surface area contributed by atoms with Gasteiger partial charge in [0.25, 0.3) is 0 Å². The molecule has 2 heteroatoms. The number of rotatable bonds is 7. The predicted molar refractivity (Wildman–Crippen MR) is 211 cm³/mol. The number of hydrogen-bond donors (Lipinski definition) is 0. The van der Waals surface area contributed by atoms with E-state index in [0.29, 0.717) is 0 Å². The summed E-state index contributed by atoms with van der Waals surface area (Å²) in [6, 6.07) is 64.8. The van der Waals surface area contributed by atoms with E-state index in [1.807, 2.05) is 6.07 Å². The zero-order valence-electron chi connectivity index (χ0n) is 28.7. The van der Waals surface area contributed by atoms with Crippen LogP contribution in [-0.2, 0) is 5.41 Å². The molecule has 0 bridgehead atoms. The van der Waals surface area contributed by atoms with E-state index in [4.69, 9.17) is 4.42 Å². The number of para-hydroxylation sites is 3. The van der Waals surface area contributed by atoms with Crippen LogP contribution < -0.4 is 4.90 Å². The molecule has 50 heavy (non-hydrogen) atoms. The Morgan fingerprint density at radius 1 is 0.420 bits per heavy atom. The number of nitrogens with zero attached hydrogens (tertiary/aromatic N) is 1. The molecule has 0 radical (unpaired) electrons. The van der Waals surface area contributed by atoms with E-state index in [1.54, 1.807) is 0 Å². The molecule has 8 rings (SSSR count). The van der Waals surface area contributed by atoms with Gasteiger partial charge in [-0.1, -0.05) is 172 Å². The van der Waals surface area contributed by atoms with Gasteiger partial charge in [-0.25, -0.2) is 0 Å². The Morgan fingerprint density at radius 2 is 0.900 bits per heavy atom. The van der Waals surface area contributed by atoms with E-state index in [-0.39, 0.29) is 5.41 Å². The molecule has 0 fully saturated rings. The van der Waals surface area contributed by atoms with Crippen LogP contribution in [0, 0.1) is 0 Å². The molecule has 7 aromatic carbocycles. The summed E-state index contributed by atoms with van der Waals surface area (Å²) >= 11 is 0. The first-order valence-corrected chi connectivity index (χ1v) is 17.3. The number of benzene rings is 7. The number of furan rings is 1. The number of hydrogen-bond acceptors (Lipinski definition) is 2. The second kappa shape index (κ2) is 13.1. The highest BCUT2D eigenvalue weighted by Gasteiger charge is 2.27. The maximum atomic E-state index is 6.67. The Morgan fingerprint density at radius 3 is 1.54 bits per heavy atom. The molecule has 0 unspecified atom stereocenters. The highest BCUT2D eigenvalue weighted by Crippen LogP contribution is 2.47. The minimum absolute atomic E-state index is 0.115. The Bertz CT molecular complexity index is 2400. The largest absolute Gasteiger partial charge is 0.456 e. The summed E-state index contributed by atoms with van der Waals surface area (Å²) in [5.74, 6) is 0.918. The van der Waals surface area contributed by atoms with Crippen molar-refractivity contribution in [3.05, 3.63) is 188 Å². The van der Waals surface area contributed by atoms with Gasteiger partial charge in [0.1, 0.15) is 11.3 Å². The van der Waals surface area contributed by atoms with Gasteiger partial charge in [-0.05, 0) is 58.0 Å². The van der Waals surface area contributed by atoms with Gasteiger partial charge in [0, 0.05) is 33.3 Å². The molecule has 0 aliphatic carbocycles. The monoisotopic (exact) mass is 645 g/mol. The first-order chi connectivity index (χ1) is 24.5. The Balaban J connectivity index is 1.33. The van der Waals surface area contributed by atoms with Gasteiger partial charge in [0.05, 0.1) is 11.4 Å². The molecule has 0 aliphatic rings. The van der Waals surface area contributed by atoms with E-state index in [0.717, 1.165) is 56.0 Å². The van der Waals surface area contributed by atoms with Crippen molar-refractivity contribution in [1.29, 1.82) is 0 Å². The van der Waals surface area contributed by atoms with Gasteiger partial charge >= 0.3 is 0 Å². The van der Waals surface area contributed by atoms with Crippen LogP contribution in [0.3, 0.4) is 0 Å². The quantitative estimate of drug-likeness (QED) is 0.171. The molecule has 0 aliphatic heterocycles.